The average Bonchev–Trinajstić information content (AvgIpc) is 3.30. The summed E-state index contributed by atoms with van der Waals surface area (Å²) < 4.78 is 2.03. The van der Waals surface area contributed by atoms with Crippen LogP contribution in [0.1, 0.15) is 51.7 Å². The summed E-state index contributed by atoms with van der Waals surface area (Å²) >= 11 is 0. The fourth-order valence-corrected chi connectivity index (χ4v) is 5.81. The molecule has 0 spiro atoms. The predicted molar refractivity (Wildman–Crippen MR) is 154 cm³/mol. The van der Waals surface area contributed by atoms with E-state index in [1.165, 1.54) is 12.1 Å². The lowest BCUT2D eigenvalue weighted by atomic mass is 9.76. The first-order valence-electron chi connectivity index (χ1n) is 12.8. The number of anilines is 1. The quantitative estimate of drug-likeness (QED) is 0.179. The molecular formula is C31H31N4O4+. The molecule has 0 bridgehead atoms. The molecule has 2 aromatic rings. The smallest absolute Gasteiger partial charge is 0.270 e. The molecule has 2 aromatic carbocycles. The number of benzene rings is 2. The van der Waals surface area contributed by atoms with Crippen LogP contribution in [-0.4, -0.2) is 33.2 Å². The van der Waals surface area contributed by atoms with E-state index >= 15 is 0 Å². The van der Waals surface area contributed by atoms with Gasteiger partial charge in [0.2, 0.25) is 12.2 Å². The monoisotopic (exact) mass is 523 g/mol. The van der Waals surface area contributed by atoms with Crippen molar-refractivity contribution in [2.75, 3.05) is 18.0 Å². The molecule has 0 aliphatic carbocycles. The van der Waals surface area contributed by atoms with Gasteiger partial charge in [0.1, 0.15) is 0 Å². The van der Waals surface area contributed by atoms with E-state index in [0.717, 1.165) is 33.9 Å². The third-order valence-electron chi connectivity index (χ3n) is 8.29. The van der Waals surface area contributed by atoms with E-state index in [-0.39, 0.29) is 21.2 Å². The van der Waals surface area contributed by atoms with Gasteiger partial charge in [0.15, 0.2) is 5.71 Å². The van der Waals surface area contributed by atoms with Gasteiger partial charge in [-0.15, -0.1) is 12.8 Å². The summed E-state index contributed by atoms with van der Waals surface area (Å²) in [6.45, 7) is 8.90. The minimum Gasteiger partial charge on any atom is -0.332 e. The van der Waals surface area contributed by atoms with Crippen LogP contribution in [0.25, 0.3) is 0 Å². The minimum absolute atomic E-state index is 0.0443. The summed E-state index contributed by atoms with van der Waals surface area (Å²) in [6, 6.07) is 9.83. The van der Waals surface area contributed by atoms with Gasteiger partial charge in [-0.2, -0.15) is 4.58 Å². The second-order valence-electron chi connectivity index (χ2n) is 10.2. The molecule has 0 saturated heterocycles. The maximum absolute atomic E-state index is 11.5. The number of allylic oxidation sites excluding steroid dienone is 4. The summed E-state index contributed by atoms with van der Waals surface area (Å²) in [7, 11) is 0. The van der Waals surface area contributed by atoms with Crippen molar-refractivity contribution in [1.29, 1.82) is 0 Å². The number of nitro groups is 2. The Morgan fingerprint density at radius 3 is 2.13 bits per heavy atom. The number of terminal acetylenes is 2. The third-order valence-corrected chi connectivity index (χ3v) is 8.29. The van der Waals surface area contributed by atoms with Crippen molar-refractivity contribution in [2.45, 2.75) is 51.4 Å². The van der Waals surface area contributed by atoms with Crippen LogP contribution in [0.4, 0.5) is 22.7 Å². The molecule has 0 radical (unpaired) electrons. The van der Waals surface area contributed by atoms with Crippen LogP contribution in [0.15, 0.2) is 60.3 Å². The SMILES string of the molecule is C#CCN1C(=CC=CC2=[N+](CC#C)c3ccc([N+](=O)[O-])cc3C2(C)CC)C(C)(CC)c2cc([N+](=O)[O-])ccc21. The summed E-state index contributed by atoms with van der Waals surface area (Å²) in [5.41, 5.74) is 4.48. The zero-order chi connectivity index (χ0) is 28.5. The maximum Gasteiger partial charge on any atom is 0.270 e. The van der Waals surface area contributed by atoms with Crippen molar-refractivity contribution in [2.24, 2.45) is 0 Å². The van der Waals surface area contributed by atoms with Crippen molar-refractivity contribution >= 4 is 28.5 Å². The van der Waals surface area contributed by atoms with Gasteiger partial charge < -0.3 is 4.90 Å². The maximum atomic E-state index is 11.5. The van der Waals surface area contributed by atoms with Crippen LogP contribution < -0.4 is 4.90 Å². The molecule has 0 aromatic heterocycles. The first-order chi connectivity index (χ1) is 18.6. The Labute approximate surface area is 228 Å². The Hall–Kier alpha value is -4.69. The topological polar surface area (TPSA) is 92.5 Å². The number of fused-ring (bicyclic) bond motifs is 2. The molecule has 0 N–H and O–H groups in total. The molecule has 2 unspecified atom stereocenters. The largest absolute Gasteiger partial charge is 0.332 e. The molecule has 8 heteroatoms. The fourth-order valence-electron chi connectivity index (χ4n) is 5.81. The number of hydrogen-bond donors (Lipinski definition) is 0. The van der Waals surface area contributed by atoms with Crippen LogP contribution >= 0.6 is 0 Å². The first-order valence-corrected chi connectivity index (χ1v) is 12.8. The molecule has 2 aliphatic heterocycles. The number of non-ortho nitro benzene ring substituents is 2. The van der Waals surface area contributed by atoms with Gasteiger partial charge in [-0.3, -0.25) is 20.2 Å². The van der Waals surface area contributed by atoms with Crippen molar-refractivity contribution in [1.82, 2.24) is 0 Å². The van der Waals surface area contributed by atoms with Gasteiger partial charge >= 0.3 is 0 Å². The lowest BCUT2D eigenvalue weighted by molar-refractivity contribution is -0.423. The Balaban J connectivity index is 1.84. The second kappa shape index (κ2) is 10.2. The van der Waals surface area contributed by atoms with Crippen molar-refractivity contribution in [3.05, 3.63) is 91.7 Å². The molecule has 2 heterocycles. The van der Waals surface area contributed by atoms with Gasteiger partial charge in [0.05, 0.1) is 21.8 Å². The first kappa shape index (κ1) is 27.3. The Bertz CT molecular complexity index is 1560. The van der Waals surface area contributed by atoms with E-state index < -0.39 is 10.8 Å². The number of hydrogen-bond acceptors (Lipinski definition) is 5. The van der Waals surface area contributed by atoms with Crippen LogP contribution in [0.2, 0.25) is 0 Å². The molecule has 39 heavy (non-hydrogen) atoms. The molecule has 0 amide bonds. The van der Waals surface area contributed by atoms with E-state index in [1.807, 2.05) is 27.7 Å². The lowest BCUT2D eigenvalue weighted by Gasteiger charge is -2.28. The van der Waals surface area contributed by atoms with E-state index in [4.69, 9.17) is 12.8 Å². The zero-order valence-corrected chi connectivity index (χ0v) is 22.6. The molecule has 2 aliphatic rings. The highest BCUT2D eigenvalue weighted by Gasteiger charge is 2.47. The second-order valence-corrected chi connectivity index (χ2v) is 10.2. The summed E-state index contributed by atoms with van der Waals surface area (Å²) in [4.78, 5) is 24.3. The fraction of sp³-hybridized carbons (Fsp3) is 0.323. The van der Waals surface area contributed by atoms with Crippen LogP contribution in [-0.2, 0) is 10.8 Å². The highest BCUT2D eigenvalue weighted by atomic mass is 16.6. The van der Waals surface area contributed by atoms with E-state index in [1.54, 1.807) is 24.3 Å². The van der Waals surface area contributed by atoms with E-state index in [9.17, 15) is 20.2 Å². The standard InChI is InChI=1S/C31H31N4O4/c1-7-18-32-26-16-14-22(34(36)37)20-24(26)30(5,9-3)28(32)12-11-13-29-31(6,10-4)25-21-23(35(38)39)15-17-27(25)33(29)19-8-2/h1-2,11-17,20-21H,9-10,18-19H2,3-6H3/q+1. The normalized spacial score (nSPS) is 22.6. The van der Waals surface area contributed by atoms with Crippen molar-refractivity contribution in [3.63, 3.8) is 0 Å². The number of nitro benzene ring substituents is 2. The Morgan fingerprint density at radius 1 is 0.949 bits per heavy atom. The van der Waals surface area contributed by atoms with Crippen LogP contribution in [0.5, 0.6) is 0 Å². The number of nitrogens with zero attached hydrogens (tertiary/aromatic N) is 4. The molecule has 8 nitrogen and oxygen atoms in total. The highest BCUT2D eigenvalue weighted by Crippen LogP contribution is 2.51. The van der Waals surface area contributed by atoms with Crippen molar-refractivity contribution < 1.29 is 14.4 Å². The summed E-state index contributed by atoms with van der Waals surface area (Å²) in [5, 5.41) is 23.0. The molecule has 4 rings (SSSR count). The van der Waals surface area contributed by atoms with Gasteiger partial charge in [0.25, 0.3) is 11.4 Å². The van der Waals surface area contributed by atoms with Gasteiger partial charge in [0, 0.05) is 58.8 Å². The average molecular weight is 524 g/mol. The van der Waals surface area contributed by atoms with E-state index in [2.05, 4.69) is 39.5 Å². The van der Waals surface area contributed by atoms with Crippen LogP contribution in [0, 0.1) is 44.9 Å². The van der Waals surface area contributed by atoms with Gasteiger partial charge in [-0.1, -0.05) is 25.8 Å². The summed E-state index contributed by atoms with van der Waals surface area (Å²) in [5.74, 6) is 5.44. The Morgan fingerprint density at radius 2 is 1.56 bits per heavy atom. The highest BCUT2D eigenvalue weighted by molar-refractivity contribution is 6.03. The third kappa shape index (κ3) is 4.28. The minimum atomic E-state index is -0.487. The molecule has 0 fully saturated rings. The van der Waals surface area contributed by atoms with Gasteiger partial charge in [-0.05, 0) is 50.3 Å². The van der Waals surface area contributed by atoms with Crippen molar-refractivity contribution in [3.8, 4) is 24.7 Å². The molecule has 2 atom stereocenters. The van der Waals surface area contributed by atoms with Crippen LogP contribution in [0.3, 0.4) is 0 Å². The molecular weight excluding hydrogens is 492 g/mol. The molecule has 198 valence electrons. The number of rotatable bonds is 8. The summed E-state index contributed by atoms with van der Waals surface area (Å²) in [6.07, 6.45) is 18.9. The lowest BCUT2D eigenvalue weighted by Crippen LogP contribution is -2.30. The van der Waals surface area contributed by atoms with Gasteiger partial charge in [-0.25, -0.2) is 0 Å². The molecule has 0 saturated carbocycles. The van der Waals surface area contributed by atoms with E-state index in [0.29, 0.717) is 25.9 Å². The zero-order valence-electron chi connectivity index (χ0n) is 22.6. The Kier molecular flexibility index (Phi) is 7.17. The predicted octanol–water partition coefficient (Wildman–Crippen LogP) is 6.16.